The van der Waals surface area contributed by atoms with Crippen molar-refractivity contribution in [2.75, 3.05) is 25.5 Å². The van der Waals surface area contributed by atoms with Gasteiger partial charge >= 0.3 is 0 Å². The van der Waals surface area contributed by atoms with Gasteiger partial charge in [0.1, 0.15) is 10.8 Å². The maximum Gasteiger partial charge on any atom is 0.254 e. The first-order valence-electron chi connectivity index (χ1n) is 11.7. The molecular weight excluding hydrogens is 472 g/mol. The second-order valence-corrected chi connectivity index (χ2v) is 9.26. The average Bonchev–Trinajstić information content (AvgIpc) is 3.37. The van der Waals surface area contributed by atoms with Crippen molar-refractivity contribution in [3.8, 4) is 16.3 Å². The van der Waals surface area contributed by atoms with Crippen LogP contribution < -0.4 is 10.1 Å². The van der Waals surface area contributed by atoms with E-state index in [2.05, 4.69) is 15.5 Å². The van der Waals surface area contributed by atoms with Crippen LogP contribution in [0.15, 0.2) is 78.9 Å². The van der Waals surface area contributed by atoms with E-state index in [-0.39, 0.29) is 18.2 Å². The van der Waals surface area contributed by atoms with Gasteiger partial charge < -0.3 is 15.0 Å². The molecule has 0 saturated heterocycles. The number of ether oxygens (including phenoxy) is 1. The third kappa shape index (κ3) is 6.55. The Morgan fingerprint density at radius 2 is 1.64 bits per heavy atom. The molecule has 1 aromatic heterocycles. The Morgan fingerprint density at radius 1 is 0.917 bits per heavy atom. The van der Waals surface area contributed by atoms with E-state index in [4.69, 9.17) is 4.74 Å². The molecule has 0 spiro atoms. The molecule has 4 aromatic rings. The summed E-state index contributed by atoms with van der Waals surface area (Å²) in [4.78, 5) is 27.8. The number of hydrogen-bond acceptors (Lipinski definition) is 6. The monoisotopic (exact) mass is 500 g/mol. The summed E-state index contributed by atoms with van der Waals surface area (Å²) < 4.78 is 5.19. The molecule has 7 nitrogen and oxygen atoms in total. The summed E-state index contributed by atoms with van der Waals surface area (Å²) in [6, 6.07) is 25.0. The van der Waals surface area contributed by atoms with Crippen LogP contribution in [0.1, 0.15) is 27.9 Å². The number of aromatic nitrogens is 2. The molecular formula is C28H28N4O3S. The van der Waals surface area contributed by atoms with Gasteiger partial charge in [0, 0.05) is 30.6 Å². The number of nitrogens with one attached hydrogen (secondary N) is 1. The highest BCUT2D eigenvalue weighted by atomic mass is 32.1. The van der Waals surface area contributed by atoms with Crippen LogP contribution in [0.25, 0.3) is 10.6 Å². The van der Waals surface area contributed by atoms with E-state index in [1.165, 1.54) is 11.3 Å². The van der Waals surface area contributed by atoms with Crippen LogP contribution in [0.5, 0.6) is 5.75 Å². The lowest BCUT2D eigenvalue weighted by Gasteiger charge is -2.23. The minimum absolute atomic E-state index is 0.0745. The third-order valence-electron chi connectivity index (χ3n) is 5.79. The van der Waals surface area contributed by atoms with Gasteiger partial charge in [0.2, 0.25) is 11.0 Å². The predicted octanol–water partition coefficient (Wildman–Crippen LogP) is 5.24. The van der Waals surface area contributed by atoms with Gasteiger partial charge in [-0.25, -0.2) is 0 Å². The zero-order valence-corrected chi connectivity index (χ0v) is 21.1. The number of hydrogen-bond donors (Lipinski definition) is 1. The highest BCUT2D eigenvalue weighted by Gasteiger charge is 2.19. The number of methoxy groups -OCH3 is 1. The number of amides is 2. The summed E-state index contributed by atoms with van der Waals surface area (Å²) in [5.41, 5.74) is 3.60. The standard InChI is InChI=1S/C28H28N4O3S/c1-20-8-6-7-11-24(20)27(34)32(18-16-21-9-4-3-5-10-21)19-17-25(33)29-28-31-30-26(36-28)22-12-14-23(35-2)15-13-22/h3-15H,16-19H2,1-2H3,(H,29,31,33). The molecule has 0 aliphatic carbocycles. The lowest BCUT2D eigenvalue weighted by Crippen LogP contribution is -2.36. The smallest absolute Gasteiger partial charge is 0.254 e. The van der Waals surface area contributed by atoms with Crippen LogP contribution in [-0.2, 0) is 11.2 Å². The van der Waals surface area contributed by atoms with Crippen LogP contribution >= 0.6 is 11.3 Å². The van der Waals surface area contributed by atoms with E-state index >= 15 is 0 Å². The molecule has 0 fully saturated rings. The molecule has 0 unspecified atom stereocenters. The second kappa shape index (κ2) is 12.1. The first kappa shape index (κ1) is 25.1. The largest absolute Gasteiger partial charge is 0.497 e. The highest BCUT2D eigenvalue weighted by Crippen LogP contribution is 2.27. The first-order chi connectivity index (χ1) is 17.5. The molecule has 4 rings (SSSR count). The normalized spacial score (nSPS) is 10.6. The number of anilines is 1. The van der Waals surface area contributed by atoms with Crippen molar-refractivity contribution in [2.45, 2.75) is 19.8 Å². The van der Waals surface area contributed by atoms with Crippen LogP contribution in [0, 0.1) is 6.92 Å². The van der Waals surface area contributed by atoms with E-state index in [1.54, 1.807) is 12.0 Å². The van der Waals surface area contributed by atoms with Crippen LogP contribution in [0.2, 0.25) is 0 Å². The molecule has 184 valence electrons. The zero-order chi connectivity index (χ0) is 25.3. The molecule has 0 aliphatic rings. The third-order valence-corrected chi connectivity index (χ3v) is 6.68. The Morgan fingerprint density at radius 3 is 2.36 bits per heavy atom. The molecule has 2 amide bonds. The van der Waals surface area contributed by atoms with E-state index in [9.17, 15) is 9.59 Å². The van der Waals surface area contributed by atoms with Crippen molar-refractivity contribution < 1.29 is 14.3 Å². The lowest BCUT2D eigenvalue weighted by atomic mass is 10.1. The molecule has 1 heterocycles. The molecule has 0 bridgehead atoms. The highest BCUT2D eigenvalue weighted by molar-refractivity contribution is 7.18. The van der Waals surface area contributed by atoms with Crippen molar-refractivity contribution in [1.82, 2.24) is 15.1 Å². The molecule has 36 heavy (non-hydrogen) atoms. The Labute approximate surface area is 214 Å². The van der Waals surface area contributed by atoms with Crippen molar-refractivity contribution in [2.24, 2.45) is 0 Å². The Balaban J connectivity index is 1.39. The van der Waals surface area contributed by atoms with Crippen LogP contribution in [0.3, 0.4) is 0 Å². The average molecular weight is 501 g/mol. The van der Waals surface area contributed by atoms with Crippen molar-refractivity contribution in [1.29, 1.82) is 0 Å². The maximum atomic E-state index is 13.3. The fraction of sp³-hybridized carbons (Fsp3) is 0.214. The summed E-state index contributed by atoms with van der Waals surface area (Å²) in [6.07, 6.45) is 0.867. The summed E-state index contributed by atoms with van der Waals surface area (Å²) in [6.45, 7) is 2.74. The minimum Gasteiger partial charge on any atom is -0.497 e. The lowest BCUT2D eigenvalue weighted by molar-refractivity contribution is -0.116. The van der Waals surface area contributed by atoms with Gasteiger partial charge in [0.25, 0.3) is 5.91 Å². The molecule has 0 radical (unpaired) electrons. The molecule has 0 atom stereocenters. The van der Waals surface area contributed by atoms with E-state index in [1.807, 2.05) is 85.8 Å². The Hall–Kier alpha value is -4.04. The summed E-state index contributed by atoms with van der Waals surface area (Å²) in [5.74, 6) is 0.470. The number of rotatable bonds is 10. The SMILES string of the molecule is COc1ccc(-c2nnc(NC(=O)CCN(CCc3ccccc3)C(=O)c3ccccc3C)s2)cc1. The zero-order valence-electron chi connectivity index (χ0n) is 20.3. The Bertz CT molecular complexity index is 1310. The van der Waals surface area contributed by atoms with Gasteiger partial charge in [-0.15, -0.1) is 10.2 Å². The van der Waals surface area contributed by atoms with Crippen molar-refractivity contribution in [3.63, 3.8) is 0 Å². The fourth-order valence-electron chi connectivity index (χ4n) is 3.75. The first-order valence-corrected chi connectivity index (χ1v) is 12.5. The predicted molar refractivity (Wildman–Crippen MR) is 142 cm³/mol. The molecule has 8 heteroatoms. The van der Waals surface area contributed by atoms with Gasteiger partial charge in [0.05, 0.1) is 7.11 Å². The molecule has 0 saturated carbocycles. The number of carbonyl (C=O) groups excluding carboxylic acids is 2. The van der Waals surface area contributed by atoms with E-state index in [0.29, 0.717) is 35.2 Å². The van der Waals surface area contributed by atoms with Crippen molar-refractivity contribution in [3.05, 3.63) is 95.6 Å². The molecule has 1 N–H and O–H groups in total. The fourth-order valence-corrected chi connectivity index (χ4v) is 4.51. The molecule has 0 aliphatic heterocycles. The number of benzene rings is 3. The van der Waals surface area contributed by atoms with Crippen LogP contribution in [0.4, 0.5) is 5.13 Å². The van der Waals surface area contributed by atoms with Crippen LogP contribution in [-0.4, -0.2) is 47.1 Å². The maximum absolute atomic E-state index is 13.3. The van der Waals surface area contributed by atoms with Gasteiger partial charge in [0.15, 0.2) is 0 Å². The second-order valence-electron chi connectivity index (χ2n) is 8.28. The quantitative estimate of drug-likeness (QED) is 0.322. The number of nitrogens with zero attached hydrogens (tertiary/aromatic N) is 3. The van der Waals surface area contributed by atoms with Gasteiger partial charge in [-0.05, 0) is 54.8 Å². The van der Waals surface area contributed by atoms with Gasteiger partial charge in [-0.3, -0.25) is 9.59 Å². The Kier molecular flexibility index (Phi) is 8.41. The minimum atomic E-state index is -0.213. The summed E-state index contributed by atoms with van der Waals surface area (Å²) in [5, 5.41) is 12.2. The summed E-state index contributed by atoms with van der Waals surface area (Å²) in [7, 11) is 1.62. The number of aryl methyl sites for hydroxylation is 1. The van der Waals surface area contributed by atoms with Gasteiger partial charge in [-0.1, -0.05) is 59.9 Å². The van der Waals surface area contributed by atoms with Crippen molar-refractivity contribution >= 4 is 28.3 Å². The molecule has 3 aromatic carbocycles. The van der Waals surface area contributed by atoms with E-state index < -0.39 is 0 Å². The topological polar surface area (TPSA) is 84.4 Å². The number of carbonyl (C=O) groups is 2. The van der Waals surface area contributed by atoms with Gasteiger partial charge in [-0.2, -0.15) is 0 Å². The summed E-state index contributed by atoms with van der Waals surface area (Å²) >= 11 is 1.30. The van der Waals surface area contributed by atoms with E-state index in [0.717, 1.165) is 22.4 Å².